The number of ether oxygens (including phenoxy) is 1. The molecule has 1 amide bonds. The summed E-state index contributed by atoms with van der Waals surface area (Å²) in [7, 11) is 0. The number of hydrogen-bond donors (Lipinski definition) is 1. The lowest BCUT2D eigenvalue weighted by molar-refractivity contribution is -0.121. The van der Waals surface area contributed by atoms with Gasteiger partial charge in [0.15, 0.2) is 0 Å². The predicted molar refractivity (Wildman–Crippen MR) is 104 cm³/mol. The van der Waals surface area contributed by atoms with Gasteiger partial charge in [-0.05, 0) is 12.8 Å². The van der Waals surface area contributed by atoms with Gasteiger partial charge in [-0.15, -0.1) is 0 Å². The number of rotatable bonds is 19. The summed E-state index contributed by atoms with van der Waals surface area (Å²) in [5, 5.41) is 2.92. The Morgan fingerprint density at radius 1 is 0.667 bits per heavy atom. The van der Waals surface area contributed by atoms with Crippen LogP contribution in [0.5, 0.6) is 0 Å². The van der Waals surface area contributed by atoms with Crippen LogP contribution in [0.2, 0.25) is 0 Å². The first-order valence-corrected chi connectivity index (χ1v) is 10.7. The number of amides is 1. The number of carbonyl (C=O) groups excluding carboxylic acids is 1. The molecular formula is C21H43NO2. The number of unbranched alkanes of at least 4 members (excludes halogenated alkanes) is 12. The van der Waals surface area contributed by atoms with Crippen molar-refractivity contribution in [2.24, 2.45) is 0 Å². The van der Waals surface area contributed by atoms with Crippen LogP contribution in [0, 0.1) is 0 Å². The Hall–Kier alpha value is -0.570. The average molecular weight is 342 g/mol. The van der Waals surface area contributed by atoms with Gasteiger partial charge in [0, 0.05) is 19.6 Å². The summed E-state index contributed by atoms with van der Waals surface area (Å²) in [6, 6.07) is 0. The number of hydrogen-bond acceptors (Lipinski definition) is 2. The molecule has 0 bridgehead atoms. The average Bonchev–Trinajstić information content (AvgIpc) is 2.59. The molecule has 0 radical (unpaired) electrons. The standard InChI is InChI=1S/C21H43NO2/c1-3-5-6-7-8-9-10-11-12-13-14-15-16-17-21(23)22-18-20-24-19-4-2/h3-20H2,1-2H3,(H,22,23). The van der Waals surface area contributed by atoms with Crippen LogP contribution in [0.15, 0.2) is 0 Å². The van der Waals surface area contributed by atoms with Crippen LogP contribution < -0.4 is 5.32 Å². The first kappa shape index (κ1) is 23.4. The Kier molecular flexibility index (Phi) is 20.0. The molecule has 0 aliphatic heterocycles. The van der Waals surface area contributed by atoms with Crippen LogP contribution in [0.4, 0.5) is 0 Å². The van der Waals surface area contributed by atoms with E-state index >= 15 is 0 Å². The van der Waals surface area contributed by atoms with Crippen molar-refractivity contribution in [2.75, 3.05) is 19.8 Å². The zero-order valence-corrected chi connectivity index (χ0v) is 16.5. The fourth-order valence-corrected chi connectivity index (χ4v) is 2.90. The maximum atomic E-state index is 11.6. The molecule has 0 fully saturated rings. The Morgan fingerprint density at radius 3 is 1.67 bits per heavy atom. The van der Waals surface area contributed by atoms with Crippen LogP contribution in [-0.2, 0) is 9.53 Å². The van der Waals surface area contributed by atoms with Gasteiger partial charge in [0.05, 0.1) is 6.61 Å². The SMILES string of the molecule is CCCCCCCCCCCCCCCC(=O)NCCOCCC. The third kappa shape index (κ3) is 19.5. The lowest BCUT2D eigenvalue weighted by Crippen LogP contribution is -2.27. The van der Waals surface area contributed by atoms with Crippen LogP contribution in [0.25, 0.3) is 0 Å². The van der Waals surface area contributed by atoms with Crippen LogP contribution in [0.3, 0.4) is 0 Å². The summed E-state index contributed by atoms with van der Waals surface area (Å²) in [6.07, 6.45) is 19.2. The minimum absolute atomic E-state index is 0.179. The van der Waals surface area contributed by atoms with Gasteiger partial charge < -0.3 is 10.1 Å². The summed E-state index contributed by atoms with van der Waals surface area (Å²) in [5.74, 6) is 0.179. The zero-order chi connectivity index (χ0) is 17.7. The number of carbonyl (C=O) groups is 1. The van der Waals surface area contributed by atoms with Crippen LogP contribution in [-0.4, -0.2) is 25.7 Å². The van der Waals surface area contributed by atoms with E-state index in [1.165, 1.54) is 77.0 Å². The topological polar surface area (TPSA) is 38.3 Å². The van der Waals surface area contributed by atoms with Crippen molar-refractivity contribution in [1.29, 1.82) is 0 Å². The molecule has 0 aliphatic carbocycles. The molecule has 0 unspecified atom stereocenters. The molecular weight excluding hydrogens is 298 g/mol. The molecule has 0 atom stereocenters. The normalized spacial score (nSPS) is 10.9. The minimum Gasteiger partial charge on any atom is -0.380 e. The minimum atomic E-state index is 0.179. The highest BCUT2D eigenvalue weighted by atomic mass is 16.5. The first-order chi connectivity index (χ1) is 11.8. The molecule has 144 valence electrons. The molecule has 0 aromatic heterocycles. The molecule has 0 saturated heterocycles. The Morgan fingerprint density at radius 2 is 1.17 bits per heavy atom. The second-order valence-electron chi connectivity index (χ2n) is 6.95. The van der Waals surface area contributed by atoms with Crippen LogP contribution in [0.1, 0.15) is 110 Å². The highest BCUT2D eigenvalue weighted by molar-refractivity contribution is 5.75. The molecule has 0 aromatic carbocycles. The van der Waals surface area contributed by atoms with Gasteiger partial charge in [0.2, 0.25) is 5.91 Å². The molecule has 1 N–H and O–H groups in total. The molecule has 0 spiro atoms. The van der Waals surface area contributed by atoms with E-state index in [0.29, 0.717) is 19.6 Å². The molecule has 3 heteroatoms. The van der Waals surface area contributed by atoms with Gasteiger partial charge in [0.25, 0.3) is 0 Å². The fraction of sp³-hybridized carbons (Fsp3) is 0.952. The maximum absolute atomic E-state index is 11.6. The van der Waals surface area contributed by atoms with Crippen molar-refractivity contribution in [1.82, 2.24) is 5.32 Å². The highest BCUT2D eigenvalue weighted by Gasteiger charge is 2.00. The van der Waals surface area contributed by atoms with Gasteiger partial charge >= 0.3 is 0 Å². The molecule has 24 heavy (non-hydrogen) atoms. The maximum Gasteiger partial charge on any atom is 0.220 e. The van der Waals surface area contributed by atoms with Crippen molar-refractivity contribution in [3.63, 3.8) is 0 Å². The molecule has 0 rings (SSSR count). The molecule has 0 saturated carbocycles. The molecule has 3 nitrogen and oxygen atoms in total. The summed E-state index contributed by atoms with van der Waals surface area (Å²) in [6.45, 7) is 6.44. The van der Waals surface area contributed by atoms with E-state index in [0.717, 1.165) is 19.4 Å². The molecule has 0 aliphatic rings. The van der Waals surface area contributed by atoms with Gasteiger partial charge in [-0.1, -0.05) is 90.9 Å². The monoisotopic (exact) mass is 341 g/mol. The van der Waals surface area contributed by atoms with E-state index in [1.807, 2.05) is 0 Å². The first-order valence-electron chi connectivity index (χ1n) is 10.7. The van der Waals surface area contributed by atoms with E-state index in [9.17, 15) is 4.79 Å². The van der Waals surface area contributed by atoms with Crippen molar-refractivity contribution in [3.05, 3.63) is 0 Å². The summed E-state index contributed by atoms with van der Waals surface area (Å²) in [5.41, 5.74) is 0. The van der Waals surface area contributed by atoms with Crippen molar-refractivity contribution < 1.29 is 9.53 Å². The number of nitrogens with one attached hydrogen (secondary N) is 1. The summed E-state index contributed by atoms with van der Waals surface area (Å²) in [4.78, 5) is 11.6. The quantitative estimate of drug-likeness (QED) is 0.292. The lowest BCUT2D eigenvalue weighted by Gasteiger charge is -2.06. The third-order valence-corrected chi connectivity index (χ3v) is 4.42. The third-order valence-electron chi connectivity index (χ3n) is 4.42. The molecule has 0 aromatic rings. The highest BCUT2D eigenvalue weighted by Crippen LogP contribution is 2.12. The smallest absolute Gasteiger partial charge is 0.220 e. The van der Waals surface area contributed by atoms with Crippen LogP contribution >= 0.6 is 0 Å². The predicted octanol–water partition coefficient (Wildman–Crippen LogP) is 6.01. The zero-order valence-electron chi connectivity index (χ0n) is 16.5. The lowest BCUT2D eigenvalue weighted by atomic mass is 10.0. The molecule has 0 heterocycles. The van der Waals surface area contributed by atoms with Crippen molar-refractivity contribution in [3.8, 4) is 0 Å². The van der Waals surface area contributed by atoms with Crippen molar-refractivity contribution >= 4 is 5.91 Å². The Balaban J connectivity index is 3.10. The second kappa shape index (κ2) is 20.5. The van der Waals surface area contributed by atoms with E-state index in [4.69, 9.17) is 4.74 Å². The Bertz CT molecular complexity index is 256. The summed E-state index contributed by atoms with van der Waals surface area (Å²) < 4.78 is 5.34. The summed E-state index contributed by atoms with van der Waals surface area (Å²) >= 11 is 0. The Labute approximate surface area is 151 Å². The van der Waals surface area contributed by atoms with Gasteiger partial charge in [-0.2, -0.15) is 0 Å². The second-order valence-corrected chi connectivity index (χ2v) is 6.95. The largest absolute Gasteiger partial charge is 0.380 e. The van der Waals surface area contributed by atoms with Crippen molar-refractivity contribution in [2.45, 2.75) is 110 Å². The fourth-order valence-electron chi connectivity index (χ4n) is 2.90. The van der Waals surface area contributed by atoms with E-state index < -0.39 is 0 Å². The van der Waals surface area contributed by atoms with E-state index in [2.05, 4.69) is 19.2 Å². The van der Waals surface area contributed by atoms with Gasteiger partial charge in [-0.25, -0.2) is 0 Å². The van der Waals surface area contributed by atoms with E-state index in [-0.39, 0.29) is 5.91 Å². The van der Waals surface area contributed by atoms with Gasteiger partial charge in [0.1, 0.15) is 0 Å². The van der Waals surface area contributed by atoms with E-state index in [1.54, 1.807) is 0 Å². The van der Waals surface area contributed by atoms with Gasteiger partial charge in [-0.3, -0.25) is 4.79 Å².